The molecule has 2 aromatic heterocycles. The van der Waals surface area contributed by atoms with E-state index in [9.17, 15) is 4.79 Å². The van der Waals surface area contributed by atoms with Gasteiger partial charge in [0.2, 0.25) is 0 Å². The number of aryl methyl sites for hydroxylation is 2. The van der Waals surface area contributed by atoms with E-state index in [-0.39, 0.29) is 5.91 Å². The zero-order valence-corrected chi connectivity index (χ0v) is 12.0. The number of rotatable bonds is 5. The van der Waals surface area contributed by atoms with Crippen LogP contribution in [0.3, 0.4) is 0 Å². The maximum absolute atomic E-state index is 12.1. The lowest BCUT2D eigenvalue weighted by atomic mass is 10.2. The SMILES string of the molecule is CCc1nn(C)cc1CNC(=O)c1cccc(NC)n1. The highest BCUT2D eigenvalue weighted by Gasteiger charge is 2.10. The van der Waals surface area contributed by atoms with E-state index < -0.39 is 0 Å². The Balaban J connectivity index is 2.04. The second-order valence-corrected chi connectivity index (χ2v) is 4.47. The molecule has 106 valence electrons. The van der Waals surface area contributed by atoms with Gasteiger partial charge in [0.25, 0.3) is 5.91 Å². The topological polar surface area (TPSA) is 71.8 Å². The van der Waals surface area contributed by atoms with Crippen molar-refractivity contribution in [2.75, 3.05) is 12.4 Å². The number of carbonyl (C=O) groups excluding carboxylic acids is 1. The summed E-state index contributed by atoms with van der Waals surface area (Å²) in [5.41, 5.74) is 2.44. The first-order valence-corrected chi connectivity index (χ1v) is 6.58. The van der Waals surface area contributed by atoms with Gasteiger partial charge in [-0.2, -0.15) is 5.10 Å². The van der Waals surface area contributed by atoms with Crippen LogP contribution >= 0.6 is 0 Å². The summed E-state index contributed by atoms with van der Waals surface area (Å²) >= 11 is 0. The van der Waals surface area contributed by atoms with Crippen molar-refractivity contribution in [3.63, 3.8) is 0 Å². The van der Waals surface area contributed by atoms with E-state index in [1.165, 1.54) is 0 Å². The summed E-state index contributed by atoms with van der Waals surface area (Å²) in [7, 11) is 3.65. The smallest absolute Gasteiger partial charge is 0.270 e. The van der Waals surface area contributed by atoms with Crippen LogP contribution in [0.2, 0.25) is 0 Å². The molecule has 2 aromatic rings. The second-order valence-electron chi connectivity index (χ2n) is 4.47. The number of anilines is 1. The van der Waals surface area contributed by atoms with Crippen LogP contribution in [0.15, 0.2) is 24.4 Å². The van der Waals surface area contributed by atoms with E-state index in [2.05, 4.69) is 20.7 Å². The number of nitrogens with zero attached hydrogens (tertiary/aromatic N) is 3. The lowest BCUT2D eigenvalue weighted by Crippen LogP contribution is -2.24. The Morgan fingerprint density at radius 2 is 2.20 bits per heavy atom. The monoisotopic (exact) mass is 273 g/mol. The van der Waals surface area contributed by atoms with E-state index in [1.54, 1.807) is 23.9 Å². The first-order chi connectivity index (χ1) is 9.63. The van der Waals surface area contributed by atoms with Gasteiger partial charge in [0.1, 0.15) is 11.5 Å². The van der Waals surface area contributed by atoms with Crippen LogP contribution in [-0.4, -0.2) is 27.7 Å². The zero-order valence-electron chi connectivity index (χ0n) is 12.0. The minimum atomic E-state index is -0.187. The van der Waals surface area contributed by atoms with Gasteiger partial charge in [-0.15, -0.1) is 0 Å². The van der Waals surface area contributed by atoms with Crippen molar-refractivity contribution in [2.45, 2.75) is 19.9 Å². The van der Waals surface area contributed by atoms with Gasteiger partial charge in [-0.3, -0.25) is 9.48 Å². The fourth-order valence-electron chi connectivity index (χ4n) is 2.00. The van der Waals surface area contributed by atoms with Crippen molar-refractivity contribution in [3.8, 4) is 0 Å². The Morgan fingerprint density at radius 3 is 2.90 bits per heavy atom. The van der Waals surface area contributed by atoms with Gasteiger partial charge in [0.15, 0.2) is 0 Å². The number of amides is 1. The lowest BCUT2D eigenvalue weighted by Gasteiger charge is -2.06. The minimum Gasteiger partial charge on any atom is -0.373 e. The predicted octanol–water partition coefficient (Wildman–Crippen LogP) is 1.35. The van der Waals surface area contributed by atoms with E-state index in [1.807, 2.05) is 26.2 Å². The fraction of sp³-hybridized carbons (Fsp3) is 0.357. The Kier molecular flexibility index (Phi) is 4.34. The van der Waals surface area contributed by atoms with Crippen molar-refractivity contribution in [1.29, 1.82) is 0 Å². The highest BCUT2D eigenvalue weighted by molar-refractivity contribution is 5.92. The number of hydrogen-bond acceptors (Lipinski definition) is 4. The number of hydrogen-bond donors (Lipinski definition) is 2. The minimum absolute atomic E-state index is 0.187. The molecule has 0 aliphatic heterocycles. The van der Waals surface area contributed by atoms with Crippen molar-refractivity contribution < 1.29 is 4.79 Å². The van der Waals surface area contributed by atoms with Crippen LogP contribution in [0.5, 0.6) is 0 Å². The van der Waals surface area contributed by atoms with Gasteiger partial charge in [-0.05, 0) is 18.6 Å². The van der Waals surface area contributed by atoms with Gasteiger partial charge >= 0.3 is 0 Å². The molecular weight excluding hydrogens is 254 g/mol. The summed E-state index contributed by atoms with van der Waals surface area (Å²) < 4.78 is 1.76. The summed E-state index contributed by atoms with van der Waals surface area (Å²) in [6.45, 7) is 2.51. The third-order valence-corrected chi connectivity index (χ3v) is 3.00. The molecule has 0 aliphatic carbocycles. The third kappa shape index (κ3) is 3.14. The van der Waals surface area contributed by atoms with E-state index in [0.717, 1.165) is 17.7 Å². The lowest BCUT2D eigenvalue weighted by molar-refractivity contribution is 0.0946. The molecule has 6 nitrogen and oxygen atoms in total. The molecule has 0 atom stereocenters. The molecule has 0 aromatic carbocycles. The Hall–Kier alpha value is -2.37. The zero-order chi connectivity index (χ0) is 14.5. The largest absolute Gasteiger partial charge is 0.373 e. The summed E-state index contributed by atoms with van der Waals surface area (Å²) in [6.07, 6.45) is 2.77. The molecule has 0 aliphatic rings. The average molecular weight is 273 g/mol. The fourth-order valence-corrected chi connectivity index (χ4v) is 2.00. The summed E-state index contributed by atoms with van der Waals surface area (Å²) in [4.78, 5) is 16.3. The number of aromatic nitrogens is 3. The van der Waals surface area contributed by atoms with Gasteiger partial charge in [0, 0.05) is 32.4 Å². The molecule has 6 heteroatoms. The normalized spacial score (nSPS) is 10.3. The van der Waals surface area contributed by atoms with Crippen LogP contribution in [0.25, 0.3) is 0 Å². The maximum Gasteiger partial charge on any atom is 0.270 e. The van der Waals surface area contributed by atoms with Crippen molar-refractivity contribution >= 4 is 11.7 Å². The second kappa shape index (κ2) is 6.18. The molecule has 0 fully saturated rings. The standard InChI is InChI=1S/C14H19N5O/c1-4-11-10(9-19(3)18-11)8-16-14(20)12-6-5-7-13(15-2)17-12/h5-7,9H,4,8H2,1-3H3,(H,15,17)(H,16,20). The van der Waals surface area contributed by atoms with Gasteiger partial charge in [-0.1, -0.05) is 13.0 Å². The van der Waals surface area contributed by atoms with Crippen LogP contribution in [0, 0.1) is 0 Å². The first kappa shape index (κ1) is 14.0. The maximum atomic E-state index is 12.1. The molecule has 0 radical (unpaired) electrons. The van der Waals surface area contributed by atoms with Crippen LogP contribution in [-0.2, 0) is 20.0 Å². The molecule has 0 spiro atoms. The summed E-state index contributed by atoms with van der Waals surface area (Å²) in [5.74, 6) is 0.487. The van der Waals surface area contributed by atoms with Crippen molar-refractivity contribution in [1.82, 2.24) is 20.1 Å². The molecule has 1 amide bonds. The Morgan fingerprint density at radius 1 is 1.40 bits per heavy atom. The molecular formula is C14H19N5O. The number of carbonyl (C=O) groups is 1. The highest BCUT2D eigenvalue weighted by Crippen LogP contribution is 2.08. The van der Waals surface area contributed by atoms with E-state index in [4.69, 9.17) is 0 Å². The van der Waals surface area contributed by atoms with Crippen LogP contribution in [0.4, 0.5) is 5.82 Å². The molecule has 2 rings (SSSR count). The molecule has 20 heavy (non-hydrogen) atoms. The van der Waals surface area contributed by atoms with E-state index >= 15 is 0 Å². The first-order valence-electron chi connectivity index (χ1n) is 6.58. The van der Waals surface area contributed by atoms with Crippen molar-refractivity contribution in [2.24, 2.45) is 7.05 Å². The van der Waals surface area contributed by atoms with Gasteiger partial charge < -0.3 is 10.6 Å². The average Bonchev–Trinajstić information content (AvgIpc) is 2.85. The van der Waals surface area contributed by atoms with Gasteiger partial charge in [0.05, 0.1) is 5.69 Å². The molecule has 0 saturated carbocycles. The number of nitrogens with one attached hydrogen (secondary N) is 2. The molecule has 0 bridgehead atoms. The van der Waals surface area contributed by atoms with Crippen molar-refractivity contribution in [3.05, 3.63) is 41.3 Å². The highest BCUT2D eigenvalue weighted by atomic mass is 16.1. The summed E-state index contributed by atoms with van der Waals surface area (Å²) in [6, 6.07) is 5.31. The molecule has 2 heterocycles. The Labute approximate surface area is 118 Å². The summed E-state index contributed by atoms with van der Waals surface area (Å²) in [5, 5.41) is 10.1. The van der Waals surface area contributed by atoms with E-state index in [0.29, 0.717) is 18.1 Å². The number of pyridine rings is 1. The van der Waals surface area contributed by atoms with Gasteiger partial charge in [-0.25, -0.2) is 4.98 Å². The Bertz CT molecular complexity index is 605. The quantitative estimate of drug-likeness (QED) is 0.862. The molecule has 0 saturated heterocycles. The van der Waals surface area contributed by atoms with Crippen LogP contribution in [0.1, 0.15) is 28.7 Å². The third-order valence-electron chi connectivity index (χ3n) is 3.00. The molecule has 0 unspecified atom stereocenters. The van der Waals surface area contributed by atoms with Crippen LogP contribution < -0.4 is 10.6 Å². The predicted molar refractivity (Wildman–Crippen MR) is 77.5 cm³/mol. The molecule has 2 N–H and O–H groups in total.